The zero-order chi connectivity index (χ0) is 18.0. The Kier molecular flexibility index (Phi) is 5.67. The molecule has 0 unspecified atom stereocenters. The second-order valence-electron chi connectivity index (χ2n) is 5.22. The third kappa shape index (κ3) is 4.16. The fourth-order valence-corrected chi connectivity index (χ4v) is 5.18. The Morgan fingerprint density at radius 1 is 1.16 bits per heavy atom. The molecular formula is C15H14Cl2N2O4S2. The summed E-state index contributed by atoms with van der Waals surface area (Å²) in [6.07, 6.45) is 0. The van der Waals surface area contributed by atoms with E-state index in [0.29, 0.717) is 28.1 Å². The van der Waals surface area contributed by atoms with Crippen LogP contribution in [-0.4, -0.2) is 44.9 Å². The molecule has 0 atom stereocenters. The molecule has 6 nitrogen and oxygen atoms in total. The van der Waals surface area contributed by atoms with E-state index in [1.165, 1.54) is 16.4 Å². The van der Waals surface area contributed by atoms with Crippen LogP contribution in [0.25, 0.3) is 0 Å². The van der Waals surface area contributed by atoms with Gasteiger partial charge >= 0.3 is 0 Å². The first-order valence-electron chi connectivity index (χ1n) is 7.32. The van der Waals surface area contributed by atoms with Crippen LogP contribution >= 0.6 is 34.5 Å². The molecule has 1 fully saturated rings. The van der Waals surface area contributed by atoms with Crippen molar-refractivity contribution in [3.8, 4) is 0 Å². The van der Waals surface area contributed by atoms with E-state index in [0.717, 1.165) is 11.3 Å². The summed E-state index contributed by atoms with van der Waals surface area (Å²) >= 11 is 13.1. The minimum Gasteiger partial charge on any atom is -0.379 e. The molecule has 134 valence electrons. The molecule has 3 rings (SSSR count). The Morgan fingerprint density at radius 3 is 2.52 bits per heavy atom. The van der Waals surface area contributed by atoms with Crippen LogP contribution in [0, 0.1) is 0 Å². The Bertz CT molecular complexity index is 893. The molecule has 1 aliphatic heterocycles. The summed E-state index contributed by atoms with van der Waals surface area (Å²) in [7, 11) is -3.76. The van der Waals surface area contributed by atoms with Gasteiger partial charge in [-0.05, 0) is 30.3 Å². The van der Waals surface area contributed by atoms with Crippen LogP contribution in [-0.2, 0) is 14.8 Å². The topological polar surface area (TPSA) is 75.7 Å². The maximum absolute atomic E-state index is 12.8. The minimum absolute atomic E-state index is 0.0434. The standard InChI is InChI=1S/C15H14Cl2N2O4S2/c16-11-2-1-10(18-15(20)12-3-4-14(17)24-12)9-13(11)25(21,22)19-5-7-23-8-6-19/h1-4,9H,5-8H2,(H,18,20). The van der Waals surface area contributed by atoms with Crippen molar-refractivity contribution >= 4 is 56.2 Å². The van der Waals surface area contributed by atoms with Crippen molar-refractivity contribution in [3.05, 3.63) is 44.6 Å². The highest BCUT2D eigenvalue weighted by molar-refractivity contribution is 7.89. The van der Waals surface area contributed by atoms with E-state index in [9.17, 15) is 13.2 Å². The zero-order valence-electron chi connectivity index (χ0n) is 12.9. The number of nitrogens with one attached hydrogen (secondary N) is 1. The number of carbonyl (C=O) groups is 1. The van der Waals surface area contributed by atoms with Crippen LogP contribution < -0.4 is 5.32 Å². The van der Waals surface area contributed by atoms with Crippen LogP contribution in [0.15, 0.2) is 35.2 Å². The summed E-state index contributed by atoms with van der Waals surface area (Å²) in [6, 6.07) is 7.58. The molecule has 1 aromatic heterocycles. The molecule has 1 aliphatic rings. The maximum atomic E-state index is 12.8. The van der Waals surface area contributed by atoms with Crippen LogP contribution in [0.3, 0.4) is 0 Å². The average Bonchev–Trinajstić information content (AvgIpc) is 3.04. The molecule has 1 N–H and O–H groups in total. The summed E-state index contributed by atoms with van der Waals surface area (Å²) in [5.41, 5.74) is 0.339. The molecule has 2 heterocycles. The van der Waals surface area contributed by atoms with Gasteiger partial charge in [0.2, 0.25) is 10.0 Å². The molecule has 0 saturated carbocycles. The fourth-order valence-electron chi connectivity index (χ4n) is 2.33. The van der Waals surface area contributed by atoms with Crippen molar-refractivity contribution < 1.29 is 17.9 Å². The van der Waals surface area contributed by atoms with Crippen molar-refractivity contribution in [3.63, 3.8) is 0 Å². The van der Waals surface area contributed by atoms with Crippen LogP contribution in [0.4, 0.5) is 5.69 Å². The lowest BCUT2D eigenvalue weighted by molar-refractivity contribution is 0.0730. The maximum Gasteiger partial charge on any atom is 0.265 e. The third-order valence-corrected chi connectivity index (χ3v) is 7.18. The van der Waals surface area contributed by atoms with Gasteiger partial charge in [0.25, 0.3) is 5.91 Å². The van der Waals surface area contributed by atoms with Gasteiger partial charge in [-0.25, -0.2) is 8.42 Å². The number of anilines is 1. The van der Waals surface area contributed by atoms with E-state index >= 15 is 0 Å². The first-order valence-corrected chi connectivity index (χ1v) is 10.3. The smallest absolute Gasteiger partial charge is 0.265 e. The normalized spacial score (nSPS) is 15.9. The van der Waals surface area contributed by atoms with Crippen molar-refractivity contribution in [2.24, 2.45) is 0 Å². The van der Waals surface area contributed by atoms with Gasteiger partial charge in [0.1, 0.15) is 4.90 Å². The third-order valence-electron chi connectivity index (χ3n) is 3.57. The number of rotatable bonds is 4. The Balaban J connectivity index is 1.86. The summed E-state index contributed by atoms with van der Waals surface area (Å²) < 4.78 is 32.6. The molecule has 10 heteroatoms. The summed E-state index contributed by atoms with van der Waals surface area (Å²) in [5.74, 6) is -0.367. The highest BCUT2D eigenvalue weighted by Gasteiger charge is 2.28. The van der Waals surface area contributed by atoms with Gasteiger partial charge in [-0.15, -0.1) is 11.3 Å². The lowest BCUT2D eigenvalue weighted by Crippen LogP contribution is -2.40. The Hall–Kier alpha value is -1.16. The second-order valence-corrected chi connectivity index (χ2v) is 9.25. The lowest BCUT2D eigenvalue weighted by Gasteiger charge is -2.26. The molecular weight excluding hydrogens is 407 g/mol. The predicted molar refractivity (Wildman–Crippen MR) is 98.3 cm³/mol. The number of halogens is 2. The first-order chi connectivity index (χ1) is 11.9. The number of hydrogen-bond acceptors (Lipinski definition) is 5. The van der Waals surface area contributed by atoms with E-state index in [4.69, 9.17) is 27.9 Å². The fraction of sp³-hybridized carbons (Fsp3) is 0.267. The number of benzene rings is 1. The SMILES string of the molecule is O=C(Nc1ccc(Cl)c(S(=O)(=O)N2CCOCC2)c1)c1ccc(Cl)s1. The second kappa shape index (κ2) is 7.61. The van der Waals surface area contributed by atoms with E-state index in [1.807, 2.05) is 0 Å². The van der Waals surface area contributed by atoms with Crippen molar-refractivity contribution in [1.82, 2.24) is 4.31 Å². The minimum atomic E-state index is -3.76. The molecule has 0 spiro atoms. The van der Waals surface area contributed by atoms with Gasteiger partial charge < -0.3 is 10.1 Å². The van der Waals surface area contributed by atoms with Gasteiger partial charge in [-0.3, -0.25) is 4.79 Å². The number of hydrogen-bond donors (Lipinski definition) is 1. The summed E-state index contributed by atoms with van der Waals surface area (Å²) in [6.45, 7) is 1.21. The van der Waals surface area contributed by atoms with Crippen LogP contribution in [0.2, 0.25) is 9.36 Å². The zero-order valence-corrected chi connectivity index (χ0v) is 16.0. The van der Waals surface area contributed by atoms with Gasteiger partial charge in [-0.2, -0.15) is 4.31 Å². The largest absolute Gasteiger partial charge is 0.379 e. The molecule has 1 aromatic carbocycles. The number of amides is 1. The molecule has 1 saturated heterocycles. The monoisotopic (exact) mass is 420 g/mol. The molecule has 0 bridgehead atoms. The number of sulfonamides is 1. The summed E-state index contributed by atoms with van der Waals surface area (Å²) in [5, 5.41) is 2.76. The van der Waals surface area contributed by atoms with Crippen molar-refractivity contribution in [1.29, 1.82) is 0 Å². The van der Waals surface area contributed by atoms with Gasteiger partial charge in [-0.1, -0.05) is 23.2 Å². The lowest BCUT2D eigenvalue weighted by atomic mass is 10.3. The predicted octanol–water partition coefficient (Wildman–Crippen LogP) is 3.33. The number of nitrogens with zero attached hydrogens (tertiary/aromatic N) is 1. The number of carbonyl (C=O) groups excluding carboxylic acids is 1. The highest BCUT2D eigenvalue weighted by atomic mass is 35.5. The van der Waals surface area contributed by atoms with E-state index in [1.54, 1.807) is 18.2 Å². The van der Waals surface area contributed by atoms with E-state index in [2.05, 4.69) is 5.32 Å². The molecule has 1 amide bonds. The average molecular weight is 421 g/mol. The quantitative estimate of drug-likeness (QED) is 0.822. The Morgan fingerprint density at radius 2 is 1.88 bits per heavy atom. The number of thiophene rings is 1. The first kappa shape index (κ1) is 18.6. The van der Waals surface area contributed by atoms with Gasteiger partial charge in [0.05, 0.1) is 27.4 Å². The molecule has 0 aliphatic carbocycles. The Labute approximate surface area is 159 Å². The number of ether oxygens (including phenoxy) is 1. The highest BCUT2D eigenvalue weighted by Crippen LogP contribution is 2.29. The van der Waals surface area contributed by atoms with Gasteiger partial charge in [0, 0.05) is 18.8 Å². The van der Waals surface area contributed by atoms with E-state index in [-0.39, 0.29) is 28.9 Å². The van der Waals surface area contributed by atoms with Crippen molar-refractivity contribution in [2.45, 2.75) is 4.90 Å². The molecule has 25 heavy (non-hydrogen) atoms. The van der Waals surface area contributed by atoms with Crippen LogP contribution in [0.5, 0.6) is 0 Å². The molecule has 2 aromatic rings. The number of morpholine rings is 1. The summed E-state index contributed by atoms with van der Waals surface area (Å²) in [4.78, 5) is 12.6. The van der Waals surface area contributed by atoms with Crippen LogP contribution in [0.1, 0.15) is 9.67 Å². The van der Waals surface area contributed by atoms with E-state index < -0.39 is 10.0 Å². The molecule has 0 radical (unpaired) electrons. The van der Waals surface area contributed by atoms with Gasteiger partial charge in [0.15, 0.2) is 0 Å². The van der Waals surface area contributed by atoms with Crippen molar-refractivity contribution in [2.75, 3.05) is 31.6 Å².